The van der Waals surface area contributed by atoms with Crippen molar-refractivity contribution in [3.05, 3.63) is 0 Å². The van der Waals surface area contributed by atoms with Gasteiger partial charge in [-0.15, -0.1) is 0 Å². The van der Waals surface area contributed by atoms with Crippen LogP contribution in [0.1, 0.15) is 27.7 Å². The molecule has 0 bridgehead atoms. The van der Waals surface area contributed by atoms with Gasteiger partial charge in [-0.2, -0.15) is 0 Å². The number of methoxy groups -OCH3 is 1. The van der Waals surface area contributed by atoms with Crippen LogP contribution in [0.3, 0.4) is 0 Å². The van der Waals surface area contributed by atoms with E-state index in [0.29, 0.717) is 12.0 Å². The Balaban J connectivity index is 2.50. The van der Waals surface area contributed by atoms with Crippen molar-refractivity contribution >= 4 is 16.9 Å². The Bertz CT molecular complexity index is 249. The molecule has 1 heterocycles. The van der Waals surface area contributed by atoms with Crippen molar-refractivity contribution in [1.82, 2.24) is 5.32 Å². The average molecular weight is 230 g/mol. The van der Waals surface area contributed by atoms with Crippen molar-refractivity contribution in [2.45, 2.75) is 33.2 Å². The molecule has 0 saturated carbocycles. The van der Waals surface area contributed by atoms with E-state index in [1.54, 1.807) is 18.9 Å². The molecule has 1 rings (SSSR count). The average Bonchev–Trinajstić information content (AvgIpc) is 2.08. The van der Waals surface area contributed by atoms with Crippen molar-refractivity contribution < 1.29 is 4.74 Å². The van der Waals surface area contributed by atoms with Gasteiger partial charge in [0.2, 0.25) is 0 Å². The molecule has 1 aliphatic heterocycles. The molecule has 3 nitrogen and oxygen atoms in total. The van der Waals surface area contributed by atoms with E-state index in [-0.39, 0.29) is 5.54 Å². The van der Waals surface area contributed by atoms with Gasteiger partial charge in [-0.3, -0.25) is 4.99 Å². The molecule has 0 aliphatic carbocycles. The zero-order chi connectivity index (χ0) is 11.5. The number of nitrogens with zero attached hydrogens (tertiary/aromatic N) is 1. The lowest BCUT2D eigenvalue weighted by Crippen LogP contribution is -2.47. The molecule has 0 fully saturated rings. The van der Waals surface area contributed by atoms with E-state index in [1.165, 1.54) is 0 Å². The standard InChI is InChI=1S/C11H22N2OS/c1-10(2)6-12-9(15-8-10)13-11(3,4)7-14-5/h6-8H2,1-5H3,(H,12,13). The van der Waals surface area contributed by atoms with Crippen molar-refractivity contribution in [2.75, 3.05) is 26.0 Å². The molecule has 0 spiro atoms. The van der Waals surface area contributed by atoms with Crippen molar-refractivity contribution in [3.63, 3.8) is 0 Å². The van der Waals surface area contributed by atoms with Crippen LogP contribution in [-0.4, -0.2) is 36.7 Å². The maximum absolute atomic E-state index is 5.16. The summed E-state index contributed by atoms with van der Waals surface area (Å²) in [6, 6.07) is 0. The number of aliphatic imine (C=N–C) groups is 1. The smallest absolute Gasteiger partial charge is 0.157 e. The summed E-state index contributed by atoms with van der Waals surface area (Å²) in [4.78, 5) is 4.56. The predicted molar refractivity (Wildman–Crippen MR) is 67.6 cm³/mol. The summed E-state index contributed by atoms with van der Waals surface area (Å²) < 4.78 is 5.16. The number of rotatable bonds is 3. The molecule has 15 heavy (non-hydrogen) atoms. The Labute approximate surface area is 97.1 Å². The van der Waals surface area contributed by atoms with Crippen LogP contribution in [0.25, 0.3) is 0 Å². The van der Waals surface area contributed by atoms with Gasteiger partial charge in [0, 0.05) is 19.4 Å². The fraction of sp³-hybridized carbons (Fsp3) is 0.909. The highest BCUT2D eigenvalue weighted by molar-refractivity contribution is 8.13. The van der Waals surface area contributed by atoms with Gasteiger partial charge in [0.1, 0.15) is 0 Å². The maximum Gasteiger partial charge on any atom is 0.157 e. The van der Waals surface area contributed by atoms with Gasteiger partial charge in [-0.05, 0) is 19.3 Å². The van der Waals surface area contributed by atoms with Crippen LogP contribution in [0.2, 0.25) is 0 Å². The number of amidine groups is 1. The molecule has 0 amide bonds. The molecule has 0 aromatic carbocycles. The zero-order valence-electron chi connectivity index (χ0n) is 10.4. The molecule has 0 atom stereocenters. The second-order valence-corrected chi connectivity index (χ2v) is 6.48. The Morgan fingerprint density at radius 1 is 1.53 bits per heavy atom. The fourth-order valence-electron chi connectivity index (χ4n) is 1.40. The summed E-state index contributed by atoms with van der Waals surface area (Å²) >= 11 is 1.81. The first-order valence-electron chi connectivity index (χ1n) is 5.29. The van der Waals surface area contributed by atoms with Crippen LogP contribution in [0, 0.1) is 5.41 Å². The Morgan fingerprint density at radius 2 is 2.20 bits per heavy atom. The van der Waals surface area contributed by atoms with Crippen molar-refractivity contribution in [2.24, 2.45) is 10.4 Å². The highest BCUT2D eigenvalue weighted by atomic mass is 32.2. The summed E-state index contributed by atoms with van der Waals surface area (Å²) in [6.07, 6.45) is 0. The largest absolute Gasteiger partial charge is 0.382 e. The van der Waals surface area contributed by atoms with E-state index >= 15 is 0 Å². The molecule has 4 heteroatoms. The van der Waals surface area contributed by atoms with Gasteiger partial charge in [0.25, 0.3) is 0 Å². The van der Waals surface area contributed by atoms with E-state index in [9.17, 15) is 0 Å². The summed E-state index contributed by atoms with van der Waals surface area (Å²) in [5.41, 5.74) is 0.295. The molecular weight excluding hydrogens is 208 g/mol. The third-order valence-electron chi connectivity index (χ3n) is 2.20. The Hall–Kier alpha value is -0.220. The lowest BCUT2D eigenvalue weighted by atomic mass is 9.97. The summed E-state index contributed by atoms with van der Waals surface area (Å²) in [5.74, 6) is 1.13. The van der Waals surface area contributed by atoms with E-state index in [1.807, 2.05) is 0 Å². The van der Waals surface area contributed by atoms with Crippen LogP contribution < -0.4 is 5.32 Å². The number of ether oxygens (including phenoxy) is 1. The minimum absolute atomic E-state index is 0.0396. The van der Waals surface area contributed by atoms with E-state index < -0.39 is 0 Å². The first kappa shape index (κ1) is 12.8. The quantitative estimate of drug-likeness (QED) is 0.806. The van der Waals surface area contributed by atoms with Crippen LogP contribution in [-0.2, 0) is 4.74 Å². The number of hydrogen-bond acceptors (Lipinski definition) is 4. The van der Waals surface area contributed by atoms with Gasteiger partial charge < -0.3 is 10.1 Å². The first-order chi connectivity index (χ1) is 6.85. The molecule has 0 aromatic rings. The molecule has 0 saturated heterocycles. The minimum Gasteiger partial charge on any atom is -0.382 e. The molecule has 88 valence electrons. The molecule has 1 N–H and O–H groups in total. The summed E-state index contributed by atoms with van der Waals surface area (Å²) in [7, 11) is 1.72. The van der Waals surface area contributed by atoms with Crippen molar-refractivity contribution in [1.29, 1.82) is 0 Å². The second-order valence-electron chi connectivity index (χ2n) is 5.52. The Kier molecular flexibility index (Phi) is 4.06. The van der Waals surface area contributed by atoms with Gasteiger partial charge in [0.15, 0.2) is 5.17 Å². The van der Waals surface area contributed by atoms with Crippen LogP contribution in [0.4, 0.5) is 0 Å². The third-order valence-corrected chi connectivity index (χ3v) is 3.63. The van der Waals surface area contributed by atoms with E-state index in [0.717, 1.165) is 17.5 Å². The van der Waals surface area contributed by atoms with Crippen molar-refractivity contribution in [3.8, 4) is 0 Å². The van der Waals surface area contributed by atoms with E-state index in [4.69, 9.17) is 4.74 Å². The van der Waals surface area contributed by atoms with Crippen LogP contribution >= 0.6 is 11.8 Å². The van der Waals surface area contributed by atoms with Crippen LogP contribution in [0.5, 0.6) is 0 Å². The number of hydrogen-bond donors (Lipinski definition) is 1. The molecule has 0 aromatic heterocycles. The molecular formula is C11H22N2OS. The summed E-state index contributed by atoms with van der Waals surface area (Å²) in [6.45, 7) is 10.3. The SMILES string of the molecule is COCC(C)(C)NC1=NCC(C)(C)CS1. The Morgan fingerprint density at radius 3 is 2.67 bits per heavy atom. The predicted octanol–water partition coefficient (Wildman–Crippen LogP) is 2.13. The lowest BCUT2D eigenvalue weighted by molar-refractivity contribution is 0.140. The third kappa shape index (κ3) is 4.43. The van der Waals surface area contributed by atoms with Gasteiger partial charge in [-0.25, -0.2) is 0 Å². The number of nitrogens with one attached hydrogen (secondary N) is 1. The monoisotopic (exact) mass is 230 g/mol. The fourth-order valence-corrected chi connectivity index (χ4v) is 2.53. The zero-order valence-corrected chi connectivity index (χ0v) is 11.2. The van der Waals surface area contributed by atoms with Gasteiger partial charge in [-0.1, -0.05) is 25.6 Å². The highest BCUT2D eigenvalue weighted by Gasteiger charge is 2.26. The highest BCUT2D eigenvalue weighted by Crippen LogP contribution is 2.27. The molecule has 0 radical (unpaired) electrons. The summed E-state index contributed by atoms with van der Waals surface area (Å²) in [5, 5.41) is 4.47. The first-order valence-corrected chi connectivity index (χ1v) is 6.28. The molecule has 1 aliphatic rings. The normalized spacial score (nSPS) is 21.0. The number of thioether (sulfide) groups is 1. The minimum atomic E-state index is -0.0396. The van der Waals surface area contributed by atoms with Gasteiger partial charge in [0.05, 0.1) is 12.1 Å². The van der Waals surface area contributed by atoms with Crippen LogP contribution in [0.15, 0.2) is 4.99 Å². The molecule has 0 unspecified atom stereocenters. The topological polar surface area (TPSA) is 33.6 Å². The van der Waals surface area contributed by atoms with E-state index in [2.05, 4.69) is 38.0 Å². The maximum atomic E-state index is 5.16. The lowest BCUT2D eigenvalue weighted by Gasteiger charge is -2.32. The second kappa shape index (κ2) is 4.74. The van der Waals surface area contributed by atoms with Gasteiger partial charge >= 0.3 is 0 Å².